The molecule has 0 heterocycles. The average molecular weight is 286 g/mol. The molecule has 2 aromatic carbocycles. The number of anilines is 1. The summed E-state index contributed by atoms with van der Waals surface area (Å²) in [5, 5.41) is 3.63. The lowest BCUT2D eigenvalue weighted by atomic mass is 10.2. The minimum absolute atomic E-state index is 0.247. The van der Waals surface area contributed by atoms with Crippen molar-refractivity contribution in [2.75, 3.05) is 19.0 Å². The lowest BCUT2D eigenvalue weighted by Gasteiger charge is -2.11. The molecule has 0 unspecified atom stereocenters. The van der Waals surface area contributed by atoms with Gasteiger partial charge in [0, 0.05) is 19.8 Å². The van der Waals surface area contributed by atoms with Crippen molar-refractivity contribution in [1.82, 2.24) is 0 Å². The van der Waals surface area contributed by atoms with Crippen molar-refractivity contribution >= 4 is 17.9 Å². The average Bonchev–Trinajstić information content (AvgIpc) is 2.48. The number of oxime groups is 1. The number of benzene rings is 2. The first-order chi connectivity index (χ1) is 10.1. The first kappa shape index (κ1) is 14.7. The van der Waals surface area contributed by atoms with Crippen LogP contribution in [0.4, 0.5) is 10.1 Å². The smallest absolute Gasteiger partial charge is 0.365 e. The van der Waals surface area contributed by atoms with Crippen molar-refractivity contribution in [3.05, 3.63) is 65.5 Å². The summed E-state index contributed by atoms with van der Waals surface area (Å²) in [5.74, 6) is -1.04. The molecule has 2 rings (SSSR count). The van der Waals surface area contributed by atoms with Gasteiger partial charge in [0.15, 0.2) is 0 Å². The monoisotopic (exact) mass is 286 g/mol. The summed E-state index contributed by atoms with van der Waals surface area (Å²) in [5.41, 5.74) is 2.12. The van der Waals surface area contributed by atoms with Crippen LogP contribution in [0.1, 0.15) is 15.9 Å². The van der Waals surface area contributed by atoms with E-state index >= 15 is 0 Å². The van der Waals surface area contributed by atoms with Gasteiger partial charge in [0.1, 0.15) is 5.82 Å². The molecule has 0 saturated carbocycles. The van der Waals surface area contributed by atoms with E-state index in [1.165, 1.54) is 30.5 Å². The van der Waals surface area contributed by atoms with Crippen LogP contribution in [0, 0.1) is 5.82 Å². The summed E-state index contributed by atoms with van der Waals surface area (Å²) in [6, 6.07) is 12.7. The van der Waals surface area contributed by atoms with Gasteiger partial charge in [-0.2, -0.15) is 0 Å². The van der Waals surface area contributed by atoms with Crippen LogP contribution in [0.5, 0.6) is 0 Å². The molecule has 0 aromatic heterocycles. The third-order valence-corrected chi connectivity index (χ3v) is 2.83. The standard InChI is InChI=1S/C16H15FN2O2/c1-19(2)15-9-3-12(4-10-15)11-18-21-16(20)13-5-7-14(17)8-6-13/h3-11H,1-2H3/b18-11+. The van der Waals surface area contributed by atoms with Gasteiger partial charge in [0.2, 0.25) is 0 Å². The van der Waals surface area contributed by atoms with E-state index in [0.717, 1.165) is 11.3 Å². The zero-order valence-corrected chi connectivity index (χ0v) is 11.8. The number of hydrogen-bond acceptors (Lipinski definition) is 4. The van der Waals surface area contributed by atoms with E-state index in [1.54, 1.807) is 0 Å². The van der Waals surface area contributed by atoms with Gasteiger partial charge in [-0.3, -0.25) is 0 Å². The second-order valence-electron chi connectivity index (χ2n) is 4.61. The molecular formula is C16H15FN2O2. The Kier molecular flexibility index (Phi) is 4.66. The van der Waals surface area contributed by atoms with Gasteiger partial charge in [0.25, 0.3) is 0 Å². The summed E-state index contributed by atoms with van der Waals surface area (Å²) >= 11 is 0. The summed E-state index contributed by atoms with van der Waals surface area (Å²) < 4.78 is 12.7. The number of rotatable bonds is 4. The SMILES string of the molecule is CN(C)c1ccc(/C=N/OC(=O)c2ccc(F)cc2)cc1. The predicted octanol–water partition coefficient (Wildman–Crippen LogP) is 3.08. The highest BCUT2D eigenvalue weighted by Gasteiger charge is 2.06. The molecule has 0 fully saturated rings. The Hall–Kier alpha value is -2.69. The molecule has 0 atom stereocenters. The maximum Gasteiger partial charge on any atom is 0.365 e. The van der Waals surface area contributed by atoms with E-state index in [0.29, 0.717) is 0 Å². The van der Waals surface area contributed by atoms with Gasteiger partial charge in [-0.15, -0.1) is 0 Å². The van der Waals surface area contributed by atoms with Crippen LogP contribution in [0.2, 0.25) is 0 Å². The Morgan fingerprint density at radius 3 is 2.29 bits per heavy atom. The largest absolute Gasteiger partial charge is 0.378 e. The van der Waals surface area contributed by atoms with E-state index < -0.39 is 11.8 Å². The Morgan fingerprint density at radius 1 is 1.10 bits per heavy atom. The molecule has 0 N–H and O–H groups in total. The summed E-state index contributed by atoms with van der Waals surface area (Å²) in [6.45, 7) is 0. The molecule has 108 valence electrons. The Balaban J connectivity index is 1.95. The molecule has 0 saturated heterocycles. The normalized spacial score (nSPS) is 10.6. The van der Waals surface area contributed by atoms with Crippen molar-refractivity contribution in [2.45, 2.75) is 0 Å². The molecule has 21 heavy (non-hydrogen) atoms. The van der Waals surface area contributed by atoms with Crippen molar-refractivity contribution in [2.24, 2.45) is 5.16 Å². The first-order valence-electron chi connectivity index (χ1n) is 6.34. The molecule has 2 aromatic rings. The fraction of sp³-hybridized carbons (Fsp3) is 0.125. The third kappa shape index (κ3) is 4.14. The van der Waals surface area contributed by atoms with Gasteiger partial charge in [0.05, 0.1) is 11.8 Å². The number of carbonyl (C=O) groups is 1. The van der Waals surface area contributed by atoms with Crippen LogP contribution < -0.4 is 4.90 Å². The van der Waals surface area contributed by atoms with Gasteiger partial charge < -0.3 is 9.74 Å². The maximum absolute atomic E-state index is 12.7. The lowest BCUT2D eigenvalue weighted by molar-refractivity contribution is 0.0519. The van der Waals surface area contributed by atoms with Crippen molar-refractivity contribution in [3.63, 3.8) is 0 Å². The van der Waals surface area contributed by atoms with Crippen LogP contribution >= 0.6 is 0 Å². The Morgan fingerprint density at radius 2 is 1.71 bits per heavy atom. The zero-order valence-electron chi connectivity index (χ0n) is 11.8. The molecule has 0 bridgehead atoms. The van der Waals surface area contributed by atoms with Gasteiger partial charge in [-0.1, -0.05) is 17.3 Å². The molecule has 4 nitrogen and oxygen atoms in total. The number of halogens is 1. The number of hydrogen-bond donors (Lipinski definition) is 0. The molecular weight excluding hydrogens is 271 g/mol. The van der Waals surface area contributed by atoms with Crippen LogP contribution in [-0.2, 0) is 4.84 Å². The van der Waals surface area contributed by atoms with E-state index in [9.17, 15) is 9.18 Å². The second-order valence-corrected chi connectivity index (χ2v) is 4.61. The number of carbonyl (C=O) groups excluding carboxylic acids is 1. The highest BCUT2D eigenvalue weighted by atomic mass is 19.1. The predicted molar refractivity (Wildman–Crippen MR) is 80.2 cm³/mol. The fourth-order valence-corrected chi connectivity index (χ4v) is 1.63. The van der Waals surface area contributed by atoms with Crippen molar-refractivity contribution < 1.29 is 14.0 Å². The highest BCUT2D eigenvalue weighted by molar-refractivity contribution is 5.90. The lowest BCUT2D eigenvalue weighted by Crippen LogP contribution is -2.08. The third-order valence-electron chi connectivity index (χ3n) is 2.83. The quantitative estimate of drug-likeness (QED) is 0.493. The molecule has 0 amide bonds. The van der Waals surface area contributed by atoms with Crippen LogP contribution in [0.15, 0.2) is 53.7 Å². The summed E-state index contributed by atoms with van der Waals surface area (Å²) in [6.07, 6.45) is 1.45. The summed E-state index contributed by atoms with van der Waals surface area (Å²) in [4.78, 5) is 18.4. The number of nitrogens with zero attached hydrogens (tertiary/aromatic N) is 2. The topological polar surface area (TPSA) is 41.9 Å². The minimum Gasteiger partial charge on any atom is -0.378 e. The molecule has 0 aliphatic carbocycles. The highest BCUT2D eigenvalue weighted by Crippen LogP contribution is 2.11. The Labute approximate surface area is 122 Å². The Bertz CT molecular complexity index is 634. The van der Waals surface area contributed by atoms with E-state index in [2.05, 4.69) is 5.16 Å². The first-order valence-corrected chi connectivity index (χ1v) is 6.34. The van der Waals surface area contributed by atoms with Crippen molar-refractivity contribution in [3.8, 4) is 0 Å². The fourth-order valence-electron chi connectivity index (χ4n) is 1.63. The van der Waals surface area contributed by atoms with Crippen LogP contribution in [0.3, 0.4) is 0 Å². The molecule has 0 spiro atoms. The second kappa shape index (κ2) is 6.65. The van der Waals surface area contributed by atoms with Crippen LogP contribution in [-0.4, -0.2) is 26.3 Å². The minimum atomic E-state index is -0.629. The van der Waals surface area contributed by atoms with E-state index in [4.69, 9.17) is 4.84 Å². The van der Waals surface area contributed by atoms with Gasteiger partial charge >= 0.3 is 5.97 Å². The van der Waals surface area contributed by atoms with E-state index in [-0.39, 0.29) is 5.56 Å². The van der Waals surface area contributed by atoms with Crippen molar-refractivity contribution in [1.29, 1.82) is 0 Å². The maximum atomic E-state index is 12.7. The molecule has 0 aliphatic heterocycles. The molecule has 0 radical (unpaired) electrons. The van der Waals surface area contributed by atoms with Crippen LogP contribution in [0.25, 0.3) is 0 Å². The molecule has 0 aliphatic rings. The van der Waals surface area contributed by atoms with E-state index in [1.807, 2.05) is 43.3 Å². The summed E-state index contributed by atoms with van der Waals surface area (Å²) in [7, 11) is 3.90. The molecule has 5 heteroatoms. The van der Waals surface area contributed by atoms with Gasteiger partial charge in [-0.25, -0.2) is 9.18 Å². The van der Waals surface area contributed by atoms with Gasteiger partial charge in [-0.05, 0) is 42.0 Å². The zero-order chi connectivity index (χ0) is 15.2.